The number of hydrogen-bond donors (Lipinski definition) is 2. The normalized spacial score (nSPS) is 16.4. The van der Waals surface area contributed by atoms with E-state index in [0.29, 0.717) is 25.0 Å². The van der Waals surface area contributed by atoms with E-state index in [0.717, 1.165) is 47.9 Å². The summed E-state index contributed by atoms with van der Waals surface area (Å²) in [4.78, 5) is 4.45. The summed E-state index contributed by atoms with van der Waals surface area (Å²) >= 11 is 0. The number of guanidine groups is 1. The van der Waals surface area contributed by atoms with Crippen LogP contribution >= 0.6 is 24.0 Å². The maximum atomic E-state index is 6.06. The zero-order chi connectivity index (χ0) is 19.1. The van der Waals surface area contributed by atoms with Crippen LogP contribution in [0.15, 0.2) is 47.5 Å². The van der Waals surface area contributed by atoms with Gasteiger partial charge in [-0.15, -0.1) is 24.0 Å². The molecule has 1 fully saturated rings. The summed E-state index contributed by atoms with van der Waals surface area (Å²) in [5, 5.41) is 3.08. The molecule has 3 N–H and O–H groups in total. The molecule has 0 radical (unpaired) electrons. The number of rotatable bonds is 7. The lowest BCUT2D eigenvalue weighted by molar-refractivity contribution is 0.166. The number of halogens is 1. The number of nitrogens with two attached hydrogens (primary N) is 1. The first kappa shape index (κ1) is 22.3. The van der Waals surface area contributed by atoms with Gasteiger partial charge in [-0.25, -0.2) is 4.99 Å². The van der Waals surface area contributed by atoms with Gasteiger partial charge < -0.3 is 25.3 Å². The molecule has 1 saturated heterocycles. The maximum absolute atomic E-state index is 6.06. The van der Waals surface area contributed by atoms with Crippen molar-refractivity contribution in [2.75, 3.05) is 32.2 Å². The molecule has 0 aliphatic carbocycles. The largest absolute Gasteiger partial charge is 0.497 e. The molecule has 0 spiro atoms. The predicted molar refractivity (Wildman–Crippen MR) is 123 cm³/mol. The van der Waals surface area contributed by atoms with Crippen LogP contribution in [-0.2, 0) is 11.3 Å². The zero-order valence-electron chi connectivity index (χ0n) is 16.3. The van der Waals surface area contributed by atoms with Gasteiger partial charge in [-0.05, 0) is 37.1 Å². The SMILES string of the molecule is COc1cccc(NC(N)=NCc2ccc(C)cc2OCC2CCOC2)c1.I. The van der Waals surface area contributed by atoms with Crippen LogP contribution in [-0.4, -0.2) is 32.9 Å². The van der Waals surface area contributed by atoms with Crippen molar-refractivity contribution in [1.82, 2.24) is 0 Å². The Hall–Kier alpha value is -2.00. The Labute approximate surface area is 183 Å². The number of aryl methyl sites for hydroxylation is 1. The van der Waals surface area contributed by atoms with Gasteiger partial charge in [-0.1, -0.05) is 18.2 Å². The standard InChI is InChI=1S/C21H27N3O3.HI/c1-15-6-7-17(20(10-15)27-14-16-8-9-26-13-16)12-23-21(22)24-18-4-3-5-19(11-18)25-2;/h3-7,10-11,16H,8-9,12-14H2,1-2H3,(H3,22,23,24);1H. The molecule has 1 unspecified atom stereocenters. The first-order valence-electron chi connectivity index (χ1n) is 9.15. The summed E-state index contributed by atoms with van der Waals surface area (Å²) in [6, 6.07) is 13.7. The second-order valence-electron chi connectivity index (χ2n) is 6.71. The van der Waals surface area contributed by atoms with E-state index in [1.807, 2.05) is 36.4 Å². The third-order valence-electron chi connectivity index (χ3n) is 4.48. The van der Waals surface area contributed by atoms with Crippen LogP contribution in [0, 0.1) is 12.8 Å². The Bertz CT molecular complexity index is 792. The highest BCUT2D eigenvalue weighted by Gasteiger charge is 2.17. The molecule has 0 saturated carbocycles. The molecule has 2 aromatic carbocycles. The van der Waals surface area contributed by atoms with Crippen molar-refractivity contribution in [1.29, 1.82) is 0 Å². The summed E-state index contributed by atoms with van der Waals surface area (Å²) in [5.74, 6) is 2.43. The van der Waals surface area contributed by atoms with Gasteiger partial charge >= 0.3 is 0 Å². The van der Waals surface area contributed by atoms with E-state index in [1.165, 1.54) is 0 Å². The van der Waals surface area contributed by atoms with Crippen LogP contribution in [0.25, 0.3) is 0 Å². The Morgan fingerprint density at radius 2 is 2.14 bits per heavy atom. The monoisotopic (exact) mass is 497 g/mol. The van der Waals surface area contributed by atoms with Crippen molar-refractivity contribution >= 4 is 35.6 Å². The number of aliphatic imine (C=N–C) groups is 1. The molecule has 7 heteroatoms. The Balaban J connectivity index is 0.00000280. The van der Waals surface area contributed by atoms with Crippen LogP contribution in [0.2, 0.25) is 0 Å². The van der Waals surface area contributed by atoms with Crippen molar-refractivity contribution in [3.63, 3.8) is 0 Å². The van der Waals surface area contributed by atoms with Gasteiger partial charge in [0.1, 0.15) is 11.5 Å². The van der Waals surface area contributed by atoms with Gasteiger partial charge in [-0.3, -0.25) is 0 Å². The average molecular weight is 497 g/mol. The molecular formula is C21H28IN3O3. The number of anilines is 1. The number of hydrogen-bond acceptors (Lipinski definition) is 4. The van der Waals surface area contributed by atoms with Gasteiger partial charge in [0.25, 0.3) is 0 Å². The third-order valence-corrected chi connectivity index (χ3v) is 4.48. The molecule has 1 atom stereocenters. The Kier molecular flexibility index (Phi) is 8.85. The van der Waals surface area contributed by atoms with Gasteiger partial charge in [0, 0.05) is 29.8 Å². The summed E-state index contributed by atoms with van der Waals surface area (Å²) in [6.07, 6.45) is 1.05. The van der Waals surface area contributed by atoms with Crippen molar-refractivity contribution in [2.45, 2.75) is 19.9 Å². The van der Waals surface area contributed by atoms with Crippen LogP contribution in [0.3, 0.4) is 0 Å². The molecule has 0 aromatic heterocycles. The van der Waals surface area contributed by atoms with Crippen molar-refractivity contribution in [2.24, 2.45) is 16.6 Å². The topological polar surface area (TPSA) is 78.1 Å². The summed E-state index contributed by atoms with van der Waals surface area (Å²) in [6.45, 7) is 4.76. The van der Waals surface area contributed by atoms with Gasteiger partial charge in [0.05, 0.1) is 26.9 Å². The van der Waals surface area contributed by atoms with E-state index in [1.54, 1.807) is 7.11 Å². The number of nitrogens with one attached hydrogen (secondary N) is 1. The number of methoxy groups -OCH3 is 1. The lowest BCUT2D eigenvalue weighted by Crippen LogP contribution is -2.22. The second-order valence-corrected chi connectivity index (χ2v) is 6.71. The minimum Gasteiger partial charge on any atom is -0.497 e. The van der Waals surface area contributed by atoms with E-state index in [-0.39, 0.29) is 24.0 Å². The van der Waals surface area contributed by atoms with Crippen molar-refractivity contribution in [3.05, 3.63) is 53.6 Å². The molecule has 6 nitrogen and oxygen atoms in total. The summed E-state index contributed by atoms with van der Waals surface area (Å²) < 4.78 is 16.7. The van der Waals surface area contributed by atoms with Crippen molar-refractivity contribution < 1.29 is 14.2 Å². The van der Waals surface area contributed by atoms with E-state index in [4.69, 9.17) is 19.9 Å². The highest BCUT2D eigenvalue weighted by molar-refractivity contribution is 14.0. The highest BCUT2D eigenvalue weighted by Crippen LogP contribution is 2.23. The minimum absolute atomic E-state index is 0. The highest BCUT2D eigenvalue weighted by atomic mass is 127. The molecule has 28 heavy (non-hydrogen) atoms. The molecular weight excluding hydrogens is 469 g/mol. The zero-order valence-corrected chi connectivity index (χ0v) is 18.6. The van der Waals surface area contributed by atoms with Crippen molar-refractivity contribution in [3.8, 4) is 11.5 Å². The first-order valence-corrected chi connectivity index (χ1v) is 9.15. The fourth-order valence-corrected chi connectivity index (χ4v) is 2.91. The van der Waals surface area contributed by atoms with Gasteiger partial charge in [-0.2, -0.15) is 0 Å². The molecule has 1 heterocycles. The van der Waals surface area contributed by atoms with E-state index >= 15 is 0 Å². The molecule has 2 aromatic rings. The maximum Gasteiger partial charge on any atom is 0.193 e. The fourth-order valence-electron chi connectivity index (χ4n) is 2.91. The lowest BCUT2D eigenvalue weighted by Gasteiger charge is -2.14. The Morgan fingerprint density at radius 1 is 1.29 bits per heavy atom. The van der Waals surface area contributed by atoms with E-state index < -0.39 is 0 Å². The van der Waals surface area contributed by atoms with E-state index in [9.17, 15) is 0 Å². The van der Waals surface area contributed by atoms with Crippen LogP contribution < -0.4 is 20.5 Å². The summed E-state index contributed by atoms with van der Waals surface area (Å²) in [7, 11) is 1.63. The molecule has 1 aliphatic rings. The molecule has 1 aliphatic heterocycles. The number of benzene rings is 2. The fraction of sp³-hybridized carbons (Fsp3) is 0.381. The minimum atomic E-state index is 0. The Morgan fingerprint density at radius 3 is 2.89 bits per heavy atom. The second kappa shape index (κ2) is 11.1. The molecule has 0 amide bonds. The van der Waals surface area contributed by atoms with Crippen LogP contribution in [0.5, 0.6) is 11.5 Å². The number of nitrogens with zero attached hydrogens (tertiary/aromatic N) is 1. The third kappa shape index (κ3) is 6.56. The molecule has 3 rings (SSSR count). The smallest absolute Gasteiger partial charge is 0.193 e. The number of ether oxygens (including phenoxy) is 3. The lowest BCUT2D eigenvalue weighted by atomic mass is 10.1. The predicted octanol–water partition coefficient (Wildman–Crippen LogP) is 3.96. The van der Waals surface area contributed by atoms with Crippen LogP contribution in [0.4, 0.5) is 5.69 Å². The van der Waals surface area contributed by atoms with Gasteiger partial charge in [0.2, 0.25) is 0 Å². The summed E-state index contributed by atoms with van der Waals surface area (Å²) in [5.41, 5.74) is 9.03. The van der Waals surface area contributed by atoms with E-state index in [2.05, 4.69) is 23.3 Å². The molecule has 0 bridgehead atoms. The molecule has 152 valence electrons. The van der Waals surface area contributed by atoms with Gasteiger partial charge in [0.15, 0.2) is 5.96 Å². The average Bonchev–Trinajstić information content (AvgIpc) is 3.19. The van der Waals surface area contributed by atoms with Crippen LogP contribution in [0.1, 0.15) is 17.5 Å². The quantitative estimate of drug-likeness (QED) is 0.344. The first-order chi connectivity index (χ1) is 13.1.